The van der Waals surface area contributed by atoms with Gasteiger partial charge in [0.2, 0.25) is 0 Å². The van der Waals surface area contributed by atoms with Gasteiger partial charge in [-0.2, -0.15) is 0 Å². The molecule has 8 nitrogen and oxygen atoms in total. The fraction of sp³-hybridized carbons (Fsp3) is 0.308. The number of H-pyrrole nitrogens is 1. The number of fused-ring (bicyclic) bond motifs is 1. The Labute approximate surface area is 218 Å². The first-order valence-electron chi connectivity index (χ1n) is 11.8. The standard InChI is InChI=1S/C26H27ClN6O2S/c1-31(2)23-15-22(27)29-25(30-23)36-16-17-6-5-7-18(14-17)24(34)32-12-10-19(11-13-32)33-21-9-4-3-8-20(21)28-26(33)35/h3-9,14-15,19H,10-13,16H2,1-2H3,(H,28,35). The molecule has 0 aliphatic carbocycles. The predicted molar refractivity (Wildman–Crippen MR) is 144 cm³/mol. The second kappa shape index (κ2) is 10.4. The van der Waals surface area contributed by atoms with Crippen molar-refractivity contribution in [1.82, 2.24) is 24.4 Å². The molecule has 3 heterocycles. The molecule has 1 aliphatic rings. The molecule has 0 atom stereocenters. The van der Waals surface area contributed by atoms with Crippen molar-refractivity contribution in [3.63, 3.8) is 0 Å². The number of anilines is 1. The van der Waals surface area contributed by atoms with Gasteiger partial charge in [-0.15, -0.1) is 0 Å². The molecule has 2 aromatic carbocycles. The van der Waals surface area contributed by atoms with Gasteiger partial charge in [-0.05, 0) is 42.7 Å². The van der Waals surface area contributed by atoms with E-state index in [1.54, 1.807) is 6.07 Å². The lowest BCUT2D eigenvalue weighted by Gasteiger charge is -2.32. The third-order valence-corrected chi connectivity index (χ3v) is 7.51. The number of thioether (sulfide) groups is 1. The van der Waals surface area contributed by atoms with Crippen LogP contribution in [0.5, 0.6) is 0 Å². The molecule has 0 spiro atoms. The lowest BCUT2D eigenvalue weighted by Crippen LogP contribution is -2.40. The van der Waals surface area contributed by atoms with E-state index in [9.17, 15) is 9.59 Å². The van der Waals surface area contributed by atoms with Crippen LogP contribution in [0.1, 0.15) is 34.8 Å². The third-order valence-electron chi connectivity index (χ3n) is 6.40. The summed E-state index contributed by atoms with van der Waals surface area (Å²) in [6.45, 7) is 1.22. The smallest absolute Gasteiger partial charge is 0.326 e. The number of halogens is 1. The van der Waals surface area contributed by atoms with Crippen molar-refractivity contribution >= 4 is 46.1 Å². The Kier molecular flexibility index (Phi) is 7.02. The van der Waals surface area contributed by atoms with E-state index in [0.29, 0.717) is 34.7 Å². The fourth-order valence-electron chi connectivity index (χ4n) is 4.57. The van der Waals surface area contributed by atoms with Crippen LogP contribution in [0.4, 0.5) is 5.82 Å². The highest BCUT2D eigenvalue weighted by atomic mass is 35.5. The number of para-hydroxylation sites is 2. The van der Waals surface area contributed by atoms with Crippen LogP contribution >= 0.6 is 23.4 Å². The molecule has 5 rings (SSSR count). The molecule has 10 heteroatoms. The number of amides is 1. The number of carbonyl (C=O) groups excluding carboxylic acids is 1. The lowest BCUT2D eigenvalue weighted by atomic mass is 10.0. The molecule has 36 heavy (non-hydrogen) atoms. The summed E-state index contributed by atoms with van der Waals surface area (Å²) in [5.74, 6) is 1.39. The molecule has 0 saturated carbocycles. The molecule has 186 valence electrons. The van der Waals surface area contributed by atoms with Gasteiger partial charge >= 0.3 is 5.69 Å². The van der Waals surface area contributed by atoms with E-state index in [0.717, 1.165) is 35.3 Å². The van der Waals surface area contributed by atoms with E-state index < -0.39 is 0 Å². The maximum atomic E-state index is 13.3. The van der Waals surface area contributed by atoms with Gasteiger partial charge in [0, 0.05) is 50.6 Å². The Balaban J connectivity index is 1.23. The summed E-state index contributed by atoms with van der Waals surface area (Å²) in [7, 11) is 3.81. The Morgan fingerprint density at radius 3 is 2.67 bits per heavy atom. The molecule has 2 aromatic heterocycles. The molecule has 0 unspecified atom stereocenters. The molecule has 4 aromatic rings. The zero-order valence-electron chi connectivity index (χ0n) is 20.1. The van der Waals surface area contributed by atoms with E-state index in [1.807, 2.05) is 77.0 Å². The quantitative estimate of drug-likeness (QED) is 0.226. The summed E-state index contributed by atoms with van der Waals surface area (Å²) in [5, 5.41) is 0.996. The largest absolute Gasteiger partial charge is 0.363 e. The molecule has 1 fully saturated rings. The zero-order valence-corrected chi connectivity index (χ0v) is 21.7. The number of nitrogens with zero attached hydrogens (tertiary/aromatic N) is 5. The summed E-state index contributed by atoms with van der Waals surface area (Å²) in [4.78, 5) is 41.3. The first kappa shape index (κ1) is 24.4. The van der Waals surface area contributed by atoms with Gasteiger partial charge in [-0.3, -0.25) is 9.36 Å². The molecule has 1 saturated heterocycles. The van der Waals surface area contributed by atoms with Gasteiger partial charge < -0.3 is 14.8 Å². The van der Waals surface area contributed by atoms with Crippen molar-refractivity contribution in [2.75, 3.05) is 32.1 Å². The maximum Gasteiger partial charge on any atom is 0.326 e. The molecule has 1 aliphatic heterocycles. The van der Waals surface area contributed by atoms with Crippen LogP contribution in [0.15, 0.2) is 64.5 Å². The number of nitrogens with one attached hydrogen (secondary N) is 1. The molecule has 0 bridgehead atoms. The van der Waals surface area contributed by atoms with Crippen molar-refractivity contribution in [3.8, 4) is 0 Å². The number of imidazole rings is 1. The minimum atomic E-state index is -0.0902. The van der Waals surface area contributed by atoms with Gasteiger partial charge in [0.1, 0.15) is 11.0 Å². The fourth-order valence-corrected chi connectivity index (χ4v) is 5.59. The molecular weight excluding hydrogens is 496 g/mol. The van der Waals surface area contributed by atoms with Crippen molar-refractivity contribution in [1.29, 1.82) is 0 Å². The van der Waals surface area contributed by atoms with Crippen molar-refractivity contribution in [2.45, 2.75) is 29.8 Å². The summed E-state index contributed by atoms with van der Waals surface area (Å²) in [5.41, 5.74) is 3.35. The minimum absolute atomic E-state index is 0.0143. The van der Waals surface area contributed by atoms with Crippen molar-refractivity contribution < 1.29 is 4.79 Å². The molecule has 0 radical (unpaired) electrons. The second-order valence-corrected chi connectivity index (χ2v) is 10.4. The van der Waals surface area contributed by atoms with Crippen LogP contribution in [-0.2, 0) is 5.75 Å². The summed E-state index contributed by atoms with van der Waals surface area (Å²) in [6, 6.07) is 17.2. The van der Waals surface area contributed by atoms with Crippen LogP contribution in [0.2, 0.25) is 5.15 Å². The van der Waals surface area contributed by atoms with Crippen LogP contribution in [-0.4, -0.2) is 57.5 Å². The monoisotopic (exact) mass is 522 g/mol. The molecular formula is C26H27ClN6O2S. The average molecular weight is 523 g/mol. The number of carbonyl (C=O) groups is 1. The summed E-state index contributed by atoms with van der Waals surface area (Å²) >= 11 is 7.63. The van der Waals surface area contributed by atoms with Gasteiger partial charge in [0.15, 0.2) is 5.16 Å². The highest BCUT2D eigenvalue weighted by molar-refractivity contribution is 7.98. The SMILES string of the molecule is CN(C)c1cc(Cl)nc(SCc2cccc(C(=O)N3CCC(n4c(=O)[nH]c5ccccc54)CC3)c2)n1. The third kappa shape index (κ3) is 5.12. The van der Waals surface area contributed by atoms with E-state index in [2.05, 4.69) is 15.0 Å². The van der Waals surface area contributed by atoms with Gasteiger partial charge in [-0.25, -0.2) is 14.8 Å². The van der Waals surface area contributed by atoms with E-state index in [1.165, 1.54) is 11.8 Å². The van der Waals surface area contributed by atoms with Crippen LogP contribution in [0.3, 0.4) is 0 Å². The average Bonchev–Trinajstić information content (AvgIpc) is 3.22. The number of aromatic amines is 1. The molecule has 1 N–H and O–H groups in total. The number of piperidine rings is 1. The first-order chi connectivity index (χ1) is 17.4. The summed E-state index contributed by atoms with van der Waals surface area (Å²) < 4.78 is 1.84. The number of aromatic nitrogens is 4. The summed E-state index contributed by atoms with van der Waals surface area (Å²) in [6.07, 6.45) is 1.48. The highest BCUT2D eigenvalue weighted by Crippen LogP contribution is 2.27. The Bertz CT molecular complexity index is 1460. The number of hydrogen-bond donors (Lipinski definition) is 1. The Morgan fingerprint density at radius 2 is 1.89 bits per heavy atom. The van der Waals surface area contributed by atoms with Crippen molar-refractivity contribution in [3.05, 3.63) is 81.4 Å². The van der Waals surface area contributed by atoms with Crippen molar-refractivity contribution in [2.24, 2.45) is 0 Å². The van der Waals surface area contributed by atoms with Crippen LogP contribution in [0, 0.1) is 0 Å². The van der Waals surface area contributed by atoms with Crippen LogP contribution in [0.25, 0.3) is 11.0 Å². The zero-order chi connectivity index (χ0) is 25.2. The van der Waals surface area contributed by atoms with Gasteiger partial charge in [-0.1, -0.05) is 47.6 Å². The number of benzene rings is 2. The number of likely N-dealkylation sites (tertiary alicyclic amines) is 1. The Hall–Kier alpha value is -3.30. The van der Waals surface area contributed by atoms with E-state index in [-0.39, 0.29) is 17.6 Å². The van der Waals surface area contributed by atoms with Gasteiger partial charge in [0.05, 0.1) is 11.0 Å². The maximum absolute atomic E-state index is 13.3. The predicted octanol–water partition coefficient (Wildman–Crippen LogP) is 4.61. The normalized spacial score (nSPS) is 14.4. The lowest BCUT2D eigenvalue weighted by molar-refractivity contribution is 0.0695. The highest BCUT2D eigenvalue weighted by Gasteiger charge is 2.26. The Morgan fingerprint density at radius 1 is 1.11 bits per heavy atom. The molecule has 1 amide bonds. The second-order valence-electron chi connectivity index (χ2n) is 9.06. The first-order valence-corrected chi connectivity index (χ1v) is 13.2. The topological polar surface area (TPSA) is 87.1 Å². The number of rotatable bonds is 6. The van der Waals surface area contributed by atoms with E-state index >= 15 is 0 Å². The van der Waals surface area contributed by atoms with E-state index in [4.69, 9.17) is 11.6 Å². The van der Waals surface area contributed by atoms with Gasteiger partial charge in [0.25, 0.3) is 5.91 Å². The minimum Gasteiger partial charge on any atom is -0.363 e. The van der Waals surface area contributed by atoms with Crippen LogP contribution < -0.4 is 10.6 Å². The number of hydrogen-bond acceptors (Lipinski definition) is 6.